The van der Waals surface area contributed by atoms with Crippen LogP contribution in [-0.2, 0) is 11.3 Å². The topological polar surface area (TPSA) is 38.2 Å². The second-order valence-electron chi connectivity index (χ2n) is 5.78. The van der Waals surface area contributed by atoms with Gasteiger partial charge in [-0.25, -0.2) is 18.7 Å². The molecule has 0 spiro atoms. The van der Waals surface area contributed by atoms with Gasteiger partial charge in [0, 0.05) is 43.4 Å². The second kappa shape index (κ2) is 6.58. The first-order chi connectivity index (χ1) is 11.1. The highest BCUT2D eigenvalue weighted by atomic mass is 19.1. The van der Waals surface area contributed by atoms with Gasteiger partial charge in [-0.05, 0) is 25.5 Å². The Balaban J connectivity index is 1.83. The predicted molar refractivity (Wildman–Crippen MR) is 83.4 cm³/mol. The van der Waals surface area contributed by atoms with Gasteiger partial charge in [0.2, 0.25) is 0 Å². The van der Waals surface area contributed by atoms with E-state index in [4.69, 9.17) is 4.74 Å². The van der Waals surface area contributed by atoms with Crippen LogP contribution >= 0.6 is 0 Å². The van der Waals surface area contributed by atoms with E-state index in [2.05, 4.69) is 9.97 Å². The molecule has 1 saturated heterocycles. The first-order valence-electron chi connectivity index (χ1n) is 7.61. The lowest BCUT2D eigenvalue weighted by molar-refractivity contribution is 0.177. The lowest BCUT2D eigenvalue weighted by atomic mass is 9.97. The molecule has 1 fully saturated rings. The summed E-state index contributed by atoms with van der Waals surface area (Å²) in [6.07, 6.45) is 0.695. The number of anilines is 1. The molecule has 0 saturated carbocycles. The third kappa shape index (κ3) is 3.32. The molecule has 122 valence electrons. The average molecular weight is 319 g/mol. The SMILES string of the molecule is COCc1nc(C)cc(N2CCC(c3c(F)cccc3F)C2)n1. The molecule has 0 bridgehead atoms. The lowest BCUT2D eigenvalue weighted by Crippen LogP contribution is -2.22. The molecule has 0 aliphatic carbocycles. The van der Waals surface area contributed by atoms with Crippen molar-refractivity contribution < 1.29 is 13.5 Å². The van der Waals surface area contributed by atoms with Gasteiger partial charge in [-0.3, -0.25) is 0 Å². The number of methoxy groups -OCH3 is 1. The Hall–Kier alpha value is -2.08. The summed E-state index contributed by atoms with van der Waals surface area (Å²) in [5.74, 6) is 0.274. The Kier molecular flexibility index (Phi) is 4.52. The minimum atomic E-state index is -0.476. The van der Waals surface area contributed by atoms with E-state index in [1.54, 1.807) is 7.11 Å². The number of ether oxygens (including phenoxy) is 1. The van der Waals surface area contributed by atoms with Crippen LogP contribution in [0.3, 0.4) is 0 Å². The quantitative estimate of drug-likeness (QED) is 0.867. The highest BCUT2D eigenvalue weighted by Crippen LogP contribution is 2.33. The number of aryl methyl sites for hydroxylation is 1. The van der Waals surface area contributed by atoms with E-state index >= 15 is 0 Å². The van der Waals surface area contributed by atoms with Gasteiger partial charge < -0.3 is 9.64 Å². The number of aromatic nitrogens is 2. The van der Waals surface area contributed by atoms with Crippen LogP contribution in [-0.4, -0.2) is 30.2 Å². The monoisotopic (exact) mass is 319 g/mol. The molecule has 0 radical (unpaired) electrons. The minimum absolute atomic E-state index is 0.169. The van der Waals surface area contributed by atoms with E-state index in [9.17, 15) is 8.78 Å². The van der Waals surface area contributed by atoms with Gasteiger partial charge in [-0.2, -0.15) is 0 Å². The molecule has 0 N–H and O–H groups in total. The van der Waals surface area contributed by atoms with Gasteiger partial charge >= 0.3 is 0 Å². The smallest absolute Gasteiger partial charge is 0.156 e. The van der Waals surface area contributed by atoms with Crippen molar-refractivity contribution in [3.05, 3.63) is 53.0 Å². The first-order valence-corrected chi connectivity index (χ1v) is 7.61. The molecule has 1 aliphatic heterocycles. The summed E-state index contributed by atoms with van der Waals surface area (Å²) >= 11 is 0. The van der Waals surface area contributed by atoms with Crippen molar-refractivity contribution in [2.24, 2.45) is 0 Å². The van der Waals surface area contributed by atoms with E-state index in [0.717, 1.165) is 11.5 Å². The molecule has 3 rings (SSSR count). The zero-order valence-electron chi connectivity index (χ0n) is 13.2. The van der Waals surface area contributed by atoms with Crippen molar-refractivity contribution in [3.8, 4) is 0 Å². The van der Waals surface area contributed by atoms with Crippen LogP contribution in [0.4, 0.5) is 14.6 Å². The molecule has 2 aromatic rings. The maximum absolute atomic E-state index is 14.0. The van der Waals surface area contributed by atoms with E-state index < -0.39 is 11.6 Å². The van der Waals surface area contributed by atoms with Crippen LogP contribution in [0.1, 0.15) is 29.4 Å². The summed E-state index contributed by atoms with van der Waals surface area (Å²) in [7, 11) is 1.60. The number of rotatable bonds is 4. The fourth-order valence-electron chi connectivity index (χ4n) is 3.07. The number of nitrogens with zero attached hydrogens (tertiary/aromatic N) is 3. The van der Waals surface area contributed by atoms with Crippen molar-refractivity contribution >= 4 is 5.82 Å². The third-order valence-electron chi connectivity index (χ3n) is 4.08. The minimum Gasteiger partial charge on any atom is -0.377 e. The van der Waals surface area contributed by atoms with Crippen molar-refractivity contribution in [1.82, 2.24) is 9.97 Å². The summed E-state index contributed by atoms with van der Waals surface area (Å²) in [6.45, 7) is 3.49. The molecule has 4 nitrogen and oxygen atoms in total. The Morgan fingerprint density at radius 2 is 2.00 bits per heavy atom. The predicted octanol–water partition coefficient (Wildman–Crippen LogP) is 3.20. The molecular weight excluding hydrogens is 300 g/mol. The number of hydrogen-bond acceptors (Lipinski definition) is 4. The third-order valence-corrected chi connectivity index (χ3v) is 4.08. The van der Waals surface area contributed by atoms with Gasteiger partial charge in [0.25, 0.3) is 0 Å². The normalized spacial score (nSPS) is 17.7. The standard InChI is InChI=1S/C17H19F2N3O/c1-11-8-16(21-15(20-11)10-23-2)22-7-6-12(9-22)17-13(18)4-3-5-14(17)19/h3-5,8,12H,6-7,9-10H2,1-2H3. The Morgan fingerprint density at radius 3 is 2.70 bits per heavy atom. The molecule has 0 amide bonds. The van der Waals surface area contributed by atoms with Gasteiger partial charge in [-0.15, -0.1) is 0 Å². The molecule has 6 heteroatoms. The second-order valence-corrected chi connectivity index (χ2v) is 5.78. The van der Waals surface area contributed by atoms with E-state index in [0.29, 0.717) is 31.9 Å². The van der Waals surface area contributed by atoms with E-state index in [1.165, 1.54) is 18.2 Å². The Morgan fingerprint density at radius 1 is 1.26 bits per heavy atom. The number of halogens is 2. The molecule has 1 aliphatic rings. The first kappa shape index (κ1) is 15.8. The van der Waals surface area contributed by atoms with Crippen LogP contribution in [0.15, 0.2) is 24.3 Å². The lowest BCUT2D eigenvalue weighted by Gasteiger charge is -2.19. The fourth-order valence-corrected chi connectivity index (χ4v) is 3.07. The van der Waals surface area contributed by atoms with Crippen molar-refractivity contribution in [1.29, 1.82) is 0 Å². The molecule has 23 heavy (non-hydrogen) atoms. The van der Waals surface area contributed by atoms with Gasteiger partial charge in [0.05, 0.1) is 0 Å². The van der Waals surface area contributed by atoms with E-state index in [1.807, 2.05) is 17.9 Å². The molecule has 1 aromatic heterocycles. The van der Waals surface area contributed by atoms with Crippen LogP contribution in [0.25, 0.3) is 0 Å². The molecule has 1 atom stereocenters. The van der Waals surface area contributed by atoms with Crippen LogP contribution in [0, 0.1) is 18.6 Å². The summed E-state index contributed by atoms with van der Waals surface area (Å²) in [5.41, 5.74) is 1.03. The Labute approximate surface area is 134 Å². The fraction of sp³-hybridized carbons (Fsp3) is 0.412. The molecular formula is C17H19F2N3O. The average Bonchev–Trinajstić information content (AvgIpc) is 2.96. The molecule has 1 aromatic carbocycles. The van der Waals surface area contributed by atoms with Crippen molar-refractivity contribution in [3.63, 3.8) is 0 Å². The van der Waals surface area contributed by atoms with E-state index in [-0.39, 0.29) is 11.5 Å². The van der Waals surface area contributed by atoms with Gasteiger partial charge in [-0.1, -0.05) is 6.07 Å². The largest absolute Gasteiger partial charge is 0.377 e. The van der Waals surface area contributed by atoms with Crippen LogP contribution < -0.4 is 4.90 Å². The van der Waals surface area contributed by atoms with Crippen molar-refractivity contribution in [2.75, 3.05) is 25.1 Å². The summed E-state index contributed by atoms with van der Waals surface area (Å²) in [6, 6.07) is 5.91. The number of benzene rings is 1. The summed E-state index contributed by atoms with van der Waals surface area (Å²) in [4.78, 5) is 10.8. The summed E-state index contributed by atoms with van der Waals surface area (Å²) in [5, 5.41) is 0. The maximum atomic E-state index is 14.0. The van der Waals surface area contributed by atoms with Gasteiger partial charge in [0.15, 0.2) is 5.82 Å². The zero-order chi connectivity index (χ0) is 16.4. The maximum Gasteiger partial charge on any atom is 0.156 e. The van der Waals surface area contributed by atoms with Crippen LogP contribution in [0.2, 0.25) is 0 Å². The highest BCUT2D eigenvalue weighted by molar-refractivity contribution is 5.43. The van der Waals surface area contributed by atoms with Crippen molar-refractivity contribution in [2.45, 2.75) is 25.9 Å². The molecule has 2 heterocycles. The summed E-state index contributed by atoms with van der Waals surface area (Å²) < 4.78 is 33.0. The molecule has 1 unspecified atom stereocenters. The Bertz CT molecular complexity index is 688. The van der Waals surface area contributed by atoms with Gasteiger partial charge in [0.1, 0.15) is 24.1 Å². The highest BCUT2D eigenvalue weighted by Gasteiger charge is 2.29. The number of hydrogen-bond donors (Lipinski definition) is 0. The zero-order valence-corrected chi connectivity index (χ0v) is 13.2. The van der Waals surface area contributed by atoms with Crippen LogP contribution in [0.5, 0.6) is 0 Å².